The molecule has 0 bridgehead atoms. The number of hydrogen-bond acceptors (Lipinski definition) is 6. The largest absolute Gasteiger partial charge is 0.368 e. The zero-order valence-electron chi connectivity index (χ0n) is 13.2. The molecule has 124 valence electrons. The first-order chi connectivity index (χ1) is 11.8. The average molecular weight is 325 g/mol. The second kappa shape index (κ2) is 6.54. The van der Waals surface area contributed by atoms with E-state index in [1.165, 1.54) is 0 Å². The van der Waals surface area contributed by atoms with E-state index >= 15 is 0 Å². The van der Waals surface area contributed by atoms with Crippen LogP contribution >= 0.6 is 0 Å². The van der Waals surface area contributed by atoms with Gasteiger partial charge in [0, 0.05) is 30.5 Å². The van der Waals surface area contributed by atoms with Crippen molar-refractivity contribution in [1.82, 2.24) is 19.9 Å². The van der Waals surface area contributed by atoms with Gasteiger partial charge in [0.25, 0.3) is 5.89 Å². The highest BCUT2D eigenvalue weighted by Gasteiger charge is 2.33. The molecule has 3 heterocycles. The van der Waals surface area contributed by atoms with Gasteiger partial charge in [-0.25, -0.2) is 0 Å². The molecule has 0 aliphatic carbocycles. The fourth-order valence-corrected chi connectivity index (χ4v) is 3.05. The van der Waals surface area contributed by atoms with Crippen LogP contribution < -0.4 is 5.73 Å². The Morgan fingerprint density at radius 1 is 1.25 bits per heavy atom. The van der Waals surface area contributed by atoms with Crippen molar-refractivity contribution >= 4 is 0 Å². The quantitative estimate of drug-likeness (QED) is 0.771. The molecule has 1 fully saturated rings. The number of nitrogens with two attached hydrogens (primary N) is 1. The van der Waals surface area contributed by atoms with Gasteiger partial charge in [0.15, 0.2) is 0 Å². The topological polar surface area (TPSA) is 92.0 Å². The number of hydrogen-bond donors (Lipinski definition) is 1. The van der Waals surface area contributed by atoms with Gasteiger partial charge < -0.3 is 15.0 Å². The standard InChI is InChI=1S/C17H19N5O2/c18-10-12-6-9-23-15(12)17-20-16(21-24-17)14-5-2-1-4-13(14)11-22-8-3-7-19-22/h1-5,7-8,12,15H,6,9-11,18H2/t12-,15-/m0/s1. The molecule has 7 nitrogen and oxygen atoms in total. The average Bonchev–Trinajstić information content (AvgIpc) is 3.36. The van der Waals surface area contributed by atoms with Crippen molar-refractivity contribution < 1.29 is 9.26 Å². The van der Waals surface area contributed by atoms with Crippen LogP contribution in [0.25, 0.3) is 11.4 Å². The normalized spacial score (nSPS) is 20.5. The summed E-state index contributed by atoms with van der Waals surface area (Å²) in [7, 11) is 0. The lowest BCUT2D eigenvalue weighted by molar-refractivity contribution is 0.0642. The minimum Gasteiger partial charge on any atom is -0.368 e. The first kappa shape index (κ1) is 15.0. The number of aromatic nitrogens is 4. The van der Waals surface area contributed by atoms with E-state index in [1.54, 1.807) is 6.20 Å². The summed E-state index contributed by atoms with van der Waals surface area (Å²) in [5.74, 6) is 1.31. The molecule has 7 heteroatoms. The maximum atomic E-state index is 5.80. The summed E-state index contributed by atoms with van der Waals surface area (Å²) >= 11 is 0. The van der Waals surface area contributed by atoms with Crippen LogP contribution in [0.5, 0.6) is 0 Å². The molecule has 1 aliphatic heterocycles. The molecular weight excluding hydrogens is 306 g/mol. The number of ether oxygens (including phenoxy) is 1. The molecule has 1 aromatic carbocycles. The van der Waals surface area contributed by atoms with Gasteiger partial charge in [0.1, 0.15) is 6.10 Å². The zero-order chi connectivity index (χ0) is 16.4. The molecule has 3 aromatic rings. The Kier molecular flexibility index (Phi) is 4.10. The SMILES string of the molecule is NC[C@@H]1CCO[C@@H]1c1nc(-c2ccccc2Cn2cccn2)no1. The van der Waals surface area contributed by atoms with Crippen LogP contribution in [-0.2, 0) is 11.3 Å². The minimum absolute atomic E-state index is 0.200. The molecule has 4 rings (SSSR count). The molecule has 24 heavy (non-hydrogen) atoms. The summed E-state index contributed by atoms with van der Waals surface area (Å²) in [5, 5.41) is 8.41. The summed E-state index contributed by atoms with van der Waals surface area (Å²) in [6, 6.07) is 9.89. The van der Waals surface area contributed by atoms with Crippen LogP contribution in [0.3, 0.4) is 0 Å². The first-order valence-corrected chi connectivity index (χ1v) is 8.06. The third kappa shape index (κ3) is 2.83. The lowest BCUT2D eigenvalue weighted by Gasteiger charge is -2.11. The number of benzene rings is 1. The Morgan fingerprint density at radius 3 is 3.00 bits per heavy atom. The molecule has 0 amide bonds. The number of nitrogens with zero attached hydrogens (tertiary/aromatic N) is 4. The second-order valence-corrected chi connectivity index (χ2v) is 5.89. The molecule has 1 aliphatic rings. The molecule has 0 radical (unpaired) electrons. The van der Waals surface area contributed by atoms with Crippen LogP contribution in [0.1, 0.15) is 24.0 Å². The van der Waals surface area contributed by atoms with E-state index in [-0.39, 0.29) is 12.0 Å². The number of rotatable bonds is 5. The summed E-state index contributed by atoms with van der Waals surface area (Å²) in [6.07, 6.45) is 4.42. The highest BCUT2D eigenvalue weighted by Crippen LogP contribution is 2.34. The van der Waals surface area contributed by atoms with Crippen molar-refractivity contribution in [3.05, 3.63) is 54.2 Å². The van der Waals surface area contributed by atoms with Gasteiger partial charge >= 0.3 is 0 Å². The molecule has 2 aromatic heterocycles. The van der Waals surface area contributed by atoms with Gasteiger partial charge in [-0.15, -0.1) is 0 Å². The van der Waals surface area contributed by atoms with E-state index in [1.807, 2.05) is 41.2 Å². The van der Waals surface area contributed by atoms with E-state index in [4.69, 9.17) is 15.0 Å². The Labute approximate surface area is 139 Å². The van der Waals surface area contributed by atoms with Crippen molar-refractivity contribution in [1.29, 1.82) is 0 Å². The van der Waals surface area contributed by atoms with E-state index in [9.17, 15) is 0 Å². The Morgan fingerprint density at radius 2 is 2.17 bits per heavy atom. The summed E-state index contributed by atoms with van der Waals surface area (Å²) in [6.45, 7) is 1.89. The highest BCUT2D eigenvalue weighted by atomic mass is 16.5. The van der Waals surface area contributed by atoms with Gasteiger partial charge in [-0.1, -0.05) is 29.4 Å². The first-order valence-electron chi connectivity index (χ1n) is 8.06. The molecule has 2 atom stereocenters. The maximum Gasteiger partial charge on any atom is 0.256 e. The summed E-state index contributed by atoms with van der Waals surface area (Å²) in [5.41, 5.74) is 7.82. The fraction of sp³-hybridized carbons (Fsp3) is 0.353. The predicted octanol–water partition coefficient (Wildman–Crippen LogP) is 2.02. The van der Waals surface area contributed by atoms with Crippen LogP contribution in [0.15, 0.2) is 47.2 Å². The summed E-state index contributed by atoms with van der Waals surface area (Å²) < 4.78 is 13.0. The smallest absolute Gasteiger partial charge is 0.256 e. The molecule has 0 saturated carbocycles. The van der Waals surface area contributed by atoms with Crippen molar-refractivity contribution in [2.45, 2.75) is 19.1 Å². The van der Waals surface area contributed by atoms with Crippen molar-refractivity contribution in [2.24, 2.45) is 11.7 Å². The van der Waals surface area contributed by atoms with Gasteiger partial charge in [-0.3, -0.25) is 4.68 Å². The second-order valence-electron chi connectivity index (χ2n) is 5.89. The Hall–Kier alpha value is -2.51. The van der Waals surface area contributed by atoms with Crippen LogP contribution in [0.4, 0.5) is 0 Å². The van der Waals surface area contributed by atoms with E-state index in [0.29, 0.717) is 31.4 Å². The van der Waals surface area contributed by atoms with Gasteiger partial charge in [0.2, 0.25) is 5.82 Å². The fourth-order valence-electron chi connectivity index (χ4n) is 3.05. The predicted molar refractivity (Wildman–Crippen MR) is 86.9 cm³/mol. The molecule has 0 spiro atoms. The van der Waals surface area contributed by atoms with Gasteiger partial charge in [0.05, 0.1) is 6.54 Å². The summed E-state index contributed by atoms with van der Waals surface area (Å²) in [4.78, 5) is 4.56. The van der Waals surface area contributed by atoms with Crippen molar-refractivity contribution in [2.75, 3.05) is 13.2 Å². The highest BCUT2D eigenvalue weighted by molar-refractivity contribution is 5.59. The monoisotopic (exact) mass is 325 g/mol. The zero-order valence-corrected chi connectivity index (χ0v) is 13.2. The van der Waals surface area contributed by atoms with E-state index in [0.717, 1.165) is 17.5 Å². The lowest BCUT2D eigenvalue weighted by Crippen LogP contribution is -2.18. The maximum absolute atomic E-state index is 5.80. The Bertz CT molecular complexity index is 799. The molecule has 2 N–H and O–H groups in total. The Balaban J connectivity index is 1.63. The molecule has 0 unspecified atom stereocenters. The molecular formula is C17H19N5O2. The molecule has 1 saturated heterocycles. The minimum atomic E-state index is -0.200. The van der Waals surface area contributed by atoms with Gasteiger partial charge in [-0.05, 0) is 24.6 Å². The van der Waals surface area contributed by atoms with Crippen LogP contribution in [0, 0.1) is 5.92 Å². The third-order valence-corrected chi connectivity index (χ3v) is 4.35. The van der Waals surface area contributed by atoms with E-state index in [2.05, 4.69) is 15.2 Å². The van der Waals surface area contributed by atoms with Gasteiger partial charge in [-0.2, -0.15) is 10.1 Å². The van der Waals surface area contributed by atoms with Crippen LogP contribution in [-0.4, -0.2) is 33.1 Å². The van der Waals surface area contributed by atoms with Crippen molar-refractivity contribution in [3.63, 3.8) is 0 Å². The lowest BCUT2D eigenvalue weighted by atomic mass is 10.0. The van der Waals surface area contributed by atoms with E-state index < -0.39 is 0 Å². The third-order valence-electron chi connectivity index (χ3n) is 4.35. The van der Waals surface area contributed by atoms with Crippen molar-refractivity contribution in [3.8, 4) is 11.4 Å². The van der Waals surface area contributed by atoms with Crippen LogP contribution in [0.2, 0.25) is 0 Å².